The molecule has 1 heterocycles. The van der Waals surface area contributed by atoms with Crippen LogP contribution in [0.25, 0.3) is 0 Å². The fourth-order valence-corrected chi connectivity index (χ4v) is 2.11. The highest BCUT2D eigenvalue weighted by Gasteiger charge is 2.37. The molecule has 1 aliphatic heterocycles. The molecule has 1 saturated heterocycles. The van der Waals surface area contributed by atoms with E-state index in [9.17, 15) is 5.11 Å². The Morgan fingerprint density at radius 2 is 2.13 bits per heavy atom. The molecule has 0 aliphatic carbocycles. The molecule has 3 atom stereocenters. The Morgan fingerprint density at radius 3 is 2.67 bits per heavy atom. The maximum atomic E-state index is 9.92. The Morgan fingerprint density at radius 1 is 1.40 bits per heavy atom. The molecule has 3 unspecified atom stereocenters. The average Bonchev–Trinajstić information content (AvgIpc) is 2.18. The zero-order chi connectivity index (χ0) is 10.7. The predicted molar refractivity (Wildman–Crippen MR) is 59.5 cm³/mol. The van der Waals surface area contributed by atoms with E-state index >= 15 is 0 Å². The lowest BCUT2D eigenvalue weighted by molar-refractivity contribution is -0.162. The van der Waals surface area contributed by atoms with E-state index in [0.717, 1.165) is 12.8 Å². The van der Waals surface area contributed by atoms with Crippen molar-refractivity contribution in [2.24, 2.45) is 5.92 Å². The van der Waals surface area contributed by atoms with Gasteiger partial charge in [0.25, 0.3) is 0 Å². The minimum absolute atomic E-state index is 0.104. The maximum Gasteiger partial charge on any atom is 0.0900 e. The molecule has 0 spiro atoms. The monoisotopic (exact) mass is 206 g/mol. The first-order valence-corrected chi connectivity index (χ1v) is 5.67. The predicted octanol–water partition coefficient (Wildman–Crippen LogP) is 2.54. The first-order chi connectivity index (χ1) is 7.33. The fraction of sp³-hybridized carbons (Fsp3) is 0.538. The molecule has 2 rings (SSSR count). The van der Waals surface area contributed by atoms with Crippen LogP contribution in [0.3, 0.4) is 0 Å². The second kappa shape index (κ2) is 4.77. The standard InChI is InChI=1S/C13H18O2/c1-2-6-12(14)11-9-15-13(11)10-7-4-3-5-8-10/h3-5,7-8,11-14H,2,6,9H2,1H3. The quantitative estimate of drug-likeness (QED) is 0.820. The lowest BCUT2D eigenvalue weighted by atomic mass is 9.85. The molecule has 0 bridgehead atoms. The Bertz CT molecular complexity index is 297. The zero-order valence-corrected chi connectivity index (χ0v) is 9.10. The number of ether oxygens (including phenoxy) is 1. The molecule has 2 heteroatoms. The summed E-state index contributed by atoms with van der Waals surface area (Å²) < 4.78 is 5.54. The molecular formula is C13H18O2. The van der Waals surface area contributed by atoms with Crippen molar-refractivity contribution in [1.82, 2.24) is 0 Å². The molecule has 2 nitrogen and oxygen atoms in total. The minimum Gasteiger partial charge on any atom is -0.393 e. The van der Waals surface area contributed by atoms with Gasteiger partial charge in [-0.3, -0.25) is 0 Å². The van der Waals surface area contributed by atoms with Crippen LogP contribution in [0.2, 0.25) is 0 Å². The van der Waals surface area contributed by atoms with Gasteiger partial charge in [0.1, 0.15) is 0 Å². The molecular weight excluding hydrogens is 188 g/mol. The number of aliphatic hydroxyl groups is 1. The fourth-order valence-electron chi connectivity index (χ4n) is 2.11. The third kappa shape index (κ3) is 2.21. The largest absolute Gasteiger partial charge is 0.393 e. The summed E-state index contributed by atoms with van der Waals surface area (Å²) in [5.74, 6) is 0.285. The second-order valence-corrected chi connectivity index (χ2v) is 4.18. The van der Waals surface area contributed by atoms with Crippen molar-refractivity contribution < 1.29 is 9.84 Å². The van der Waals surface area contributed by atoms with Crippen LogP contribution in [0.15, 0.2) is 30.3 Å². The summed E-state index contributed by atoms with van der Waals surface area (Å²) in [5.41, 5.74) is 1.18. The van der Waals surface area contributed by atoms with E-state index in [4.69, 9.17) is 4.74 Å². The lowest BCUT2D eigenvalue weighted by Gasteiger charge is -2.40. The summed E-state index contributed by atoms with van der Waals surface area (Å²) in [7, 11) is 0. The van der Waals surface area contributed by atoms with E-state index in [0.29, 0.717) is 6.61 Å². The van der Waals surface area contributed by atoms with Crippen LogP contribution in [0, 0.1) is 5.92 Å². The number of aliphatic hydroxyl groups excluding tert-OH is 1. The number of hydrogen-bond donors (Lipinski definition) is 1. The van der Waals surface area contributed by atoms with Crippen LogP contribution >= 0.6 is 0 Å². The maximum absolute atomic E-state index is 9.92. The summed E-state index contributed by atoms with van der Waals surface area (Å²) in [6.07, 6.45) is 1.79. The van der Waals surface area contributed by atoms with Gasteiger partial charge < -0.3 is 9.84 Å². The SMILES string of the molecule is CCCC(O)C1COC1c1ccccc1. The van der Waals surface area contributed by atoms with Crippen molar-refractivity contribution >= 4 is 0 Å². The van der Waals surface area contributed by atoms with Gasteiger partial charge in [-0.05, 0) is 12.0 Å². The van der Waals surface area contributed by atoms with Crippen molar-refractivity contribution in [2.75, 3.05) is 6.61 Å². The molecule has 82 valence electrons. The molecule has 1 N–H and O–H groups in total. The van der Waals surface area contributed by atoms with Gasteiger partial charge in [0.05, 0.1) is 18.8 Å². The highest BCUT2D eigenvalue weighted by atomic mass is 16.5. The highest BCUT2D eigenvalue weighted by Crippen LogP contribution is 2.38. The lowest BCUT2D eigenvalue weighted by Crippen LogP contribution is -2.40. The minimum atomic E-state index is -0.214. The van der Waals surface area contributed by atoms with Crippen LogP contribution in [0.5, 0.6) is 0 Å². The van der Waals surface area contributed by atoms with E-state index < -0.39 is 0 Å². The van der Waals surface area contributed by atoms with Crippen molar-refractivity contribution in [3.8, 4) is 0 Å². The van der Waals surface area contributed by atoms with E-state index in [1.807, 2.05) is 18.2 Å². The average molecular weight is 206 g/mol. The molecule has 1 aliphatic rings. The van der Waals surface area contributed by atoms with Crippen LogP contribution in [0.1, 0.15) is 31.4 Å². The third-order valence-electron chi connectivity index (χ3n) is 3.06. The summed E-state index contributed by atoms with van der Waals surface area (Å²) in [5, 5.41) is 9.92. The highest BCUT2D eigenvalue weighted by molar-refractivity contribution is 5.20. The first kappa shape index (κ1) is 10.7. The van der Waals surface area contributed by atoms with E-state index in [1.54, 1.807) is 0 Å². The topological polar surface area (TPSA) is 29.5 Å². The Balaban J connectivity index is 2.00. The van der Waals surface area contributed by atoms with Crippen LogP contribution in [-0.2, 0) is 4.74 Å². The number of rotatable bonds is 4. The second-order valence-electron chi connectivity index (χ2n) is 4.18. The molecule has 15 heavy (non-hydrogen) atoms. The van der Waals surface area contributed by atoms with Gasteiger partial charge in [-0.15, -0.1) is 0 Å². The molecule has 0 saturated carbocycles. The van der Waals surface area contributed by atoms with Crippen molar-refractivity contribution in [3.63, 3.8) is 0 Å². The van der Waals surface area contributed by atoms with Crippen LogP contribution in [0.4, 0.5) is 0 Å². The van der Waals surface area contributed by atoms with E-state index in [-0.39, 0.29) is 18.1 Å². The molecule has 0 radical (unpaired) electrons. The van der Waals surface area contributed by atoms with Gasteiger partial charge in [-0.1, -0.05) is 43.7 Å². The van der Waals surface area contributed by atoms with Gasteiger partial charge >= 0.3 is 0 Å². The third-order valence-corrected chi connectivity index (χ3v) is 3.06. The van der Waals surface area contributed by atoms with Gasteiger partial charge in [-0.2, -0.15) is 0 Å². The van der Waals surface area contributed by atoms with Crippen molar-refractivity contribution in [3.05, 3.63) is 35.9 Å². The van der Waals surface area contributed by atoms with Crippen LogP contribution < -0.4 is 0 Å². The molecule has 1 fully saturated rings. The molecule has 1 aromatic rings. The summed E-state index contributed by atoms with van der Waals surface area (Å²) >= 11 is 0. The smallest absolute Gasteiger partial charge is 0.0900 e. The van der Waals surface area contributed by atoms with Gasteiger partial charge in [0.15, 0.2) is 0 Å². The van der Waals surface area contributed by atoms with Crippen molar-refractivity contribution in [1.29, 1.82) is 0 Å². The number of hydrogen-bond acceptors (Lipinski definition) is 2. The molecule has 1 aromatic carbocycles. The first-order valence-electron chi connectivity index (χ1n) is 5.67. The van der Waals surface area contributed by atoms with E-state index in [2.05, 4.69) is 19.1 Å². The molecule has 0 amide bonds. The Hall–Kier alpha value is -0.860. The zero-order valence-electron chi connectivity index (χ0n) is 9.10. The number of benzene rings is 1. The summed E-state index contributed by atoms with van der Waals surface area (Å²) in [6, 6.07) is 10.2. The van der Waals surface area contributed by atoms with Crippen LogP contribution in [-0.4, -0.2) is 17.8 Å². The van der Waals surface area contributed by atoms with E-state index in [1.165, 1.54) is 5.56 Å². The van der Waals surface area contributed by atoms with Gasteiger partial charge in [-0.25, -0.2) is 0 Å². The van der Waals surface area contributed by atoms with Crippen molar-refractivity contribution in [2.45, 2.75) is 32.0 Å². The summed E-state index contributed by atoms with van der Waals surface area (Å²) in [6.45, 7) is 2.79. The molecule has 0 aromatic heterocycles. The van der Waals surface area contributed by atoms with Gasteiger partial charge in [0.2, 0.25) is 0 Å². The normalized spacial score (nSPS) is 27.1. The Labute approximate surface area is 90.9 Å². The Kier molecular flexibility index (Phi) is 3.39. The van der Waals surface area contributed by atoms with Gasteiger partial charge in [0, 0.05) is 5.92 Å². The summed E-state index contributed by atoms with van der Waals surface area (Å²) in [4.78, 5) is 0.